The van der Waals surface area contributed by atoms with Crippen molar-refractivity contribution in [2.45, 2.75) is 6.54 Å². The Morgan fingerprint density at radius 2 is 1.38 bits per heavy atom. The molecule has 29 heavy (non-hydrogen) atoms. The Morgan fingerprint density at radius 3 is 2.00 bits per heavy atom. The van der Waals surface area contributed by atoms with Crippen LogP contribution in [0.4, 0.5) is 0 Å². The van der Waals surface area contributed by atoms with Gasteiger partial charge in [-0.25, -0.2) is 0 Å². The number of aromatic nitrogens is 2. The maximum absolute atomic E-state index is 10.3. The predicted octanol–water partition coefficient (Wildman–Crippen LogP) is 6.29. The molecular formula is C26H19N3. The Kier molecular flexibility index (Phi) is 4.04. The number of allylic oxidation sites excluding steroid dienone is 1. The highest BCUT2D eigenvalue weighted by molar-refractivity contribution is 5.98. The van der Waals surface area contributed by atoms with Crippen molar-refractivity contribution in [3.63, 3.8) is 0 Å². The molecule has 2 aromatic heterocycles. The number of imidazole rings is 1. The third kappa shape index (κ3) is 2.50. The van der Waals surface area contributed by atoms with Crippen molar-refractivity contribution < 1.29 is 0 Å². The summed E-state index contributed by atoms with van der Waals surface area (Å²) in [7, 11) is 0. The van der Waals surface area contributed by atoms with E-state index in [0.717, 1.165) is 39.1 Å². The Morgan fingerprint density at radius 1 is 0.793 bits per heavy atom. The lowest BCUT2D eigenvalue weighted by Crippen LogP contribution is -1.96. The van der Waals surface area contributed by atoms with Crippen molar-refractivity contribution in [2.24, 2.45) is 0 Å². The van der Waals surface area contributed by atoms with Crippen LogP contribution in [0.1, 0.15) is 5.56 Å². The molecule has 0 saturated heterocycles. The zero-order valence-electron chi connectivity index (χ0n) is 15.9. The highest BCUT2D eigenvalue weighted by Gasteiger charge is 2.26. The van der Waals surface area contributed by atoms with Crippen molar-refractivity contribution in [3.8, 4) is 28.5 Å². The first-order valence-corrected chi connectivity index (χ1v) is 9.62. The lowest BCUT2D eigenvalue weighted by Gasteiger charge is -2.08. The van der Waals surface area contributed by atoms with Crippen LogP contribution in [0.2, 0.25) is 0 Å². The summed E-state index contributed by atoms with van der Waals surface area (Å²) in [5.41, 5.74) is 7.92. The van der Waals surface area contributed by atoms with E-state index in [2.05, 4.69) is 58.0 Å². The molecule has 3 heteroatoms. The SMILES string of the molecule is C=CCn1c2ccccc2n2c(-c3ccccc3)c(-c3ccccc3)c(C#N)c12. The van der Waals surface area contributed by atoms with Gasteiger partial charge in [-0.15, -0.1) is 6.58 Å². The number of nitrogens with zero attached hydrogens (tertiary/aromatic N) is 3. The van der Waals surface area contributed by atoms with Gasteiger partial charge in [0.1, 0.15) is 17.3 Å². The topological polar surface area (TPSA) is 33.1 Å². The summed E-state index contributed by atoms with van der Waals surface area (Å²) in [6.07, 6.45) is 1.88. The average molecular weight is 373 g/mol. The van der Waals surface area contributed by atoms with Crippen LogP contribution in [0.5, 0.6) is 0 Å². The van der Waals surface area contributed by atoms with Crippen LogP contribution in [0.15, 0.2) is 97.6 Å². The molecule has 3 nitrogen and oxygen atoms in total. The summed E-state index contributed by atoms with van der Waals surface area (Å²) in [5, 5.41) is 10.3. The van der Waals surface area contributed by atoms with E-state index in [1.54, 1.807) is 0 Å². The second-order valence-electron chi connectivity index (χ2n) is 6.99. The molecule has 5 rings (SSSR count). The van der Waals surface area contributed by atoms with Crippen LogP contribution in [0.3, 0.4) is 0 Å². The number of rotatable bonds is 4. The molecule has 0 atom stereocenters. The number of hydrogen-bond acceptors (Lipinski definition) is 1. The minimum atomic E-state index is 0.637. The summed E-state index contributed by atoms with van der Waals surface area (Å²) < 4.78 is 4.41. The molecule has 0 amide bonds. The van der Waals surface area contributed by atoms with Gasteiger partial charge in [0.15, 0.2) is 0 Å². The predicted molar refractivity (Wildman–Crippen MR) is 119 cm³/mol. The fourth-order valence-electron chi connectivity index (χ4n) is 4.22. The zero-order chi connectivity index (χ0) is 19.8. The summed E-state index contributed by atoms with van der Waals surface area (Å²) in [5.74, 6) is 0. The summed E-state index contributed by atoms with van der Waals surface area (Å²) in [6.45, 7) is 4.57. The Balaban J connectivity index is 2.06. The van der Waals surface area contributed by atoms with Gasteiger partial charge in [0.25, 0.3) is 0 Å². The van der Waals surface area contributed by atoms with Gasteiger partial charge in [-0.05, 0) is 23.3 Å². The van der Waals surface area contributed by atoms with Crippen molar-refractivity contribution in [1.29, 1.82) is 5.26 Å². The fraction of sp³-hybridized carbons (Fsp3) is 0.0385. The maximum atomic E-state index is 10.3. The Bertz CT molecular complexity index is 1380. The standard InChI is InChI=1S/C26H19N3/c1-2-17-28-22-15-9-10-16-23(22)29-25(20-13-7-4-8-14-20)24(21(18-27)26(28)29)19-11-5-3-6-12-19/h2-16H,1,17H2. The number of nitriles is 1. The van der Waals surface area contributed by atoms with Gasteiger partial charge < -0.3 is 4.57 Å². The lowest BCUT2D eigenvalue weighted by molar-refractivity contribution is 0.888. The van der Waals surface area contributed by atoms with Crippen LogP contribution in [0.25, 0.3) is 39.1 Å². The molecular weight excluding hydrogens is 354 g/mol. The molecule has 5 aromatic rings. The molecule has 0 spiro atoms. The monoisotopic (exact) mass is 373 g/mol. The van der Waals surface area contributed by atoms with Gasteiger partial charge in [0, 0.05) is 12.1 Å². The van der Waals surface area contributed by atoms with Gasteiger partial charge in [-0.1, -0.05) is 78.9 Å². The largest absolute Gasteiger partial charge is 0.321 e. The first-order valence-electron chi connectivity index (χ1n) is 9.62. The first kappa shape index (κ1) is 17.1. The van der Waals surface area contributed by atoms with Crippen LogP contribution in [-0.4, -0.2) is 8.97 Å². The van der Waals surface area contributed by atoms with Gasteiger partial charge >= 0.3 is 0 Å². The molecule has 0 bridgehead atoms. The van der Waals surface area contributed by atoms with Crippen LogP contribution in [-0.2, 0) is 6.54 Å². The summed E-state index contributed by atoms with van der Waals surface area (Å²) in [6, 6.07) is 31.3. The highest BCUT2D eigenvalue weighted by atomic mass is 15.1. The van der Waals surface area contributed by atoms with E-state index in [0.29, 0.717) is 12.1 Å². The fourth-order valence-corrected chi connectivity index (χ4v) is 4.22. The zero-order valence-corrected chi connectivity index (χ0v) is 15.9. The summed E-state index contributed by atoms with van der Waals surface area (Å²) >= 11 is 0. The second kappa shape index (κ2) is 6.85. The quantitative estimate of drug-likeness (QED) is 0.341. The Labute approximate surface area is 169 Å². The number of fused-ring (bicyclic) bond motifs is 3. The molecule has 2 heterocycles. The van der Waals surface area contributed by atoms with Crippen molar-refractivity contribution in [2.75, 3.05) is 0 Å². The minimum Gasteiger partial charge on any atom is -0.321 e. The third-order valence-corrected chi connectivity index (χ3v) is 5.35. The molecule has 0 aliphatic rings. The third-order valence-electron chi connectivity index (χ3n) is 5.35. The molecule has 3 aromatic carbocycles. The molecule has 0 unspecified atom stereocenters. The van der Waals surface area contributed by atoms with E-state index in [9.17, 15) is 5.26 Å². The van der Waals surface area contributed by atoms with E-state index in [1.165, 1.54) is 0 Å². The van der Waals surface area contributed by atoms with Gasteiger partial charge in [0.05, 0.1) is 16.7 Å². The van der Waals surface area contributed by atoms with Crippen LogP contribution >= 0.6 is 0 Å². The molecule has 0 radical (unpaired) electrons. The van der Waals surface area contributed by atoms with Crippen LogP contribution in [0, 0.1) is 11.3 Å². The maximum Gasteiger partial charge on any atom is 0.137 e. The van der Waals surface area contributed by atoms with Crippen LogP contribution < -0.4 is 0 Å². The van der Waals surface area contributed by atoms with E-state index in [1.807, 2.05) is 54.6 Å². The number of para-hydroxylation sites is 2. The molecule has 0 aliphatic heterocycles. The smallest absolute Gasteiger partial charge is 0.137 e. The van der Waals surface area contributed by atoms with E-state index in [4.69, 9.17) is 0 Å². The van der Waals surface area contributed by atoms with E-state index >= 15 is 0 Å². The highest BCUT2D eigenvalue weighted by Crippen LogP contribution is 2.42. The lowest BCUT2D eigenvalue weighted by atomic mass is 9.98. The number of benzene rings is 3. The minimum absolute atomic E-state index is 0.637. The molecule has 0 saturated carbocycles. The van der Waals surface area contributed by atoms with Crippen molar-refractivity contribution in [3.05, 3.63) is 103 Å². The normalized spacial score (nSPS) is 11.0. The summed E-state index contributed by atoms with van der Waals surface area (Å²) in [4.78, 5) is 0. The second-order valence-corrected chi connectivity index (χ2v) is 6.99. The van der Waals surface area contributed by atoms with E-state index in [-0.39, 0.29) is 0 Å². The van der Waals surface area contributed by atoms with Gasteiger partial charge in [0.2, 0.25) is 0 Å². The molecule has 138 valence electrons. The molecule has 0 aliphatic carbocycles. The van der Waals surface area contributed by atoms with Crippen molar-refractivity contribution in [1.82, 2.24) is 8.97 Å². The first-order chi connectivity index (χ1) is 14.3. The van der Waals surface area contributed by atoms with Gasteiger partial charge in [-0.3, -0.25) is 4.40 Å². The van der Waals surface area contributed by atoms with Gasteiger partial charge in [-0.2, -0.15) is 5.26 Å². The Hall–Kier alpha value is -4.03. The average Bonchev–Trinajstić information content (AvgIpc) is 3.28. The number of hydrogen-bond donors (Lipinski definition) is 0. The molecule has 0 N–H and O–H groups in total. The molecule has 0 fully saturated rings. The van der Waals surface area contributed by atoms with E-state index < -0.39 is 0 Å². The van der Waals surface area contributed by atoms with Crippen molar-refractivity contribution >= 4 is 16.7 Å².